The maximum Gasteiger partial charge on any atom is 0.306 e. The second-order valence-electron chi connectivity index (χ2n) is 15.6. The maximum atomic E-state index is 12.7. The van der Waals surface area contributed by atoms with Crippen molar-refractivity contribution in [3.63, 3.8) is 0 Å². The van der Waals surface area contributed by atoms with Gasteiger partial charge in [-0.05, 0) is 89.9 Å². The van der Waals surface area contributed by atoms with Crippen molar-refractivity contribution in [2.45, 2.75) is 232 Å². The molecule has 0 N–H and O–H groups in total. The number of unbranched alkanes of at least 4 members (excludes halogenated alkanes) is 21. The molecule has 0 radical (unpaired) electrons. The molecule has 0 aliphatic rings. The van der Waals surface area contributed by atoms with Crippen molar-refractivity contribution in [3.8, 4) is 0 Å². The van der Waals surface area contributed by atoms with E-state index in [1.54, 1.807) is 0 Å². The molecule has 0 heterocycles. The number of carbonyl (C=O) groups is 3. The predicted octanol–water partition coefficient (Wildman–Crippen LogP) is 15.3. The van der Waals surface area contributed by atoms with E-state index >= 15 is 0 Å². The Morgan fingerprint density at radius 1 is 0.368 bits per heavy atom. The number of hydrogen-bond acceptors (Lipinski definition) is 6. The van der Waals surface area contributed by atoms with Gasteiger partial charge in [-0.15, -0.1) is 0 Å². The van der Waals surface area contributed by atoms with Crippen LogP contribution in [0.15, 0.2) is 60.8 Å². The number of rotatable bonds is 42. The average molecular weight is 797 g/mol. The zero-order valence-corrected chi connectivity index (χ0v) is 37.3. The number of hydrogen-bond donors (Lipinski definition) is 0. The van der Waals surface area contributed by atoms with Crippen molar-refractivity contribution < 1.29 is 28.6 Å². The monoisotopic (exact) mass is 797 g/mol. The molecule has 0 fully saturated rings. The summed E-state index contributed by atoms with van der Waals surface area (Å²) in [6.45, 7) is 6.41. The van der Waals surface area contributed by atoms with Crippen LogP contribution >= 0.6 is 0 Å². The number of esters is 3. The summed E-state index contributed by atoms with van der Waals surface area (Å²) in [5.41, 5.74) is 0. The van der Waals surface area contributed by atoms with Crippen LogP contribution in [0.1, 0.15) is 226 Å². The standard InChI is InChI=1S/C51H88O6/c1-4-7-10-13-16-19-22-23-24-25-26-27-30-32-35-38-41-44-50(53)56-47-48(57-51(54)45-42-39-36-33-29-21-18-15-12-9-6-3)46-55-49(52)43-40-37-34-31-28-20-17-14-11-8-5-2/h9,12,14,17-18,21,23-24,33,36,48H,4-8,10-11,13,15-16,19-20,22,25-32,34-35,37-47H2,1-3H3/b12-9-,17-14-,21-18-,24-23-,36-33-. The zero-order valence-electron chi connectivity index (χ0n) is 37.3. The minimum absolute atomic E-state index is 0.0994. The molecule has 0 bridgehead atoms. The van der Waals surface area contributed by atoms with Crippen LogP contribution in [0.2, 0.25) is 0 Å². The number of allylic oxidation sites excluding steroid dienone is 10. The smallest absolute Gasteiger partial charge is 0.306 e. The Hall–Kier alpha value is -2.89. The van der Waals surface area contributed by atoms with Gasteiger partial charge in [-0.2, -0.15) is 0 Å². The molecule has 6 heteroatoms. The predicted molar refractivity (Wildman–Crippen MR) is 242 cm³/mol. The molecule has 0 aliphatic carbocycles. The Morgan fingerprint density at radius 2 is 0.719 bits per heavy atom. The highest BCUT2D eigenvalue weighted by molar-refractivity contribution is 5.71. The molecule has 1 atom stereocenters. The van der Waals surface area contributed by atoms with Gasteiger partial charge < -0.3 is 14.2 Å². The summed E-state index contributed by atoms with van der Waals surface area (Å²) >= 11 is 0. The first-order valence-electron chi connectivity index (χ1n) is 23.8. The Bertz CT molecular complexity index is 1050. The minimum atomic E-state index is -0.802. The van der Waals surface area contributed by atoms with E-state index in [1.807, 2.05) is 0 Å². The number of ether oxygens (including phenoxy) is 3. The SMILES string of the molecule is CC/C=C\C/C=C\C/C=C\CCCC(=O)OC(COC(=O)CCCCCCC/C=C\CCCC)COC(=O)CCCCCCCCC/C=C\CCCCCCCC. The van der Waals surface area contributed by atoms with Gasteiger partial charge in [-0.3, -0.25) is 14.4 Å². The maximum absolute atomic E-state index is 12.7. The third-order valence-corrected chi connectivity index (χ3v) is 9.98. The fourth-order valence-electron chi connectivity index (χ4n) is 6.38. The van der Waals surface area contributed by atoms with Crippen molar-refractivity contribution in [2.24, 2.45) is 0 Å². The molecule has 0 aliphatic heterocycles. The van der Waals surface area contributed by atoms with E-state index in [1.165, 1.54) is 103 Å². The van der Waals surface area contributed by atoms with Gasteiger partial charge >= 0.3 is 17.9 Å². The Morgan fingerprint density at radius 3 is 1.19 bits per heavy atom. The van der Waals surface area contributed by atoms with Crippen molar-refractivity contribution >= 4 is 17.9 Å². The lowest BCUT2D eigenvalue weighted by atomic mass is 10.1. The van der Waals surface area contributed by atoms with E-state index in [4.69, 9.17) is 14.2 Å². The first kappa shape index (κ1) is 54.1. The van der Waals surface area contributed by atoms with Gasteiger partial charge in [0.15, 0.2) is 6.10 Å². The Kier molecular flexibility index (Phi) is 43.5. The summed E-state index contributed by atoms with van der Waals surface area (Å²) < 4.78 is 16.7. The molecule has 0 amide bonds. The van der Waals surface area contributed by atoms with Gasteiger partial charge in [0.05, 0.1) is 0 Å². The molecule has 0 rings (SSSR count). The van der Waals surface area contributed by atoms with E-state index in [0.717, 1.165) is 77.0 Å². The molecule has 328 valence electrons. The van der Waals surface area contributed by atoms with E-state index < -0.39 is 6.10 Å². The highest BCUT2D eigenvalue weighted by atomic mass is 16.6. The summed E-state index contributed by atoms with van der Waals surface area (Å²) in [7, 11) is 0. The molecule has 0 aromatic heterocycles. The Labute approximate surface area is 351 Å². The summed E-state index contributed by atoms with van der Waals surface area (Å²) in [6, 6.07) is 0. The van der Waals surface area contributed by atoms with Crippen molar-refractivity contribution in [2.75, 3.05) is 13.2 Å². The third-order valence-electron chi connectivity index (χ3n) is 9.98. The molecule has 1 unspecified atom stereocenters. The Balaban J connectivity index is 4.39. The molecule has 0 spiro atoms. The van der Waals surface area contributed by atoms with E-state index in [-0.39, 0.29) is 37.5 Å². The average Bonchev–Trinajstić information content (AvgIpc) is 3.21. The molecule has 0 aromatic carbocycles. The van der Waals surface area contributed by atoms with Gasteiger partial charge in [-0.1, -0.05) is 178 Å². The van der Waals surface area contributed by atoms with Crippen LogP contribution in [0.4, 0.5) is 0 Å². The first-order valence-corrected chi connectivity index (χ1v) is 23.8. The summed E-state index contributed by atoms with van der Waals surface area (Å²) in [5.74, 6) is -0.971. The second kappa shape index (κ2) is 45.8. The lowest BCUT2D eigenvalue weighted by Crippen LogP contribution is -2.30. The fourth-order valence-corrected chi connectivity index (χ4v) is 6.38. The highest BCUT2D eigenvalue weighted by Gasteiger charge is 2.19. The van der Waals surface area contributed by atoms with Crippen LogP contribution in [-0.2, 0) is 28.6 Å². The quantitative estimate of drug-likeness (QED) is 0.0265. The van der Waals surface area contributed by atoms with Gasteiger partial charge in [0.2, 0.25) is 0 Å². The minimum Gasteiger partial charge on any atom is -0.462 e. The third kappa shape index (κ3) is 44.1. The molecule has 0 saturated carbocycles. The molecular formula is C51H88O6. The van der Waals surface area contributed by atoms with Gasteiger partial charge in [0, 0.05) is 19.3 Å². The topological polar surface area (TPSA) is 78.9 Å². The molecule has 6 nitrogen and oxygen atoms in total. The van der Waals surface area contributed by atoms with Crippen molar-refractivity contribution in [1.29, 1.82) is 0 Å². The largest absolute Gasteiger partial charge is 0.462 e. The van der Waals surface area contributed by atoms with Crippen molar-refractivity contribution in [3.05, 3.63) is 60.8 Å². The first-order chi connectivity index (χ1) is 28.0. The van der Waals surface area contributed by atoms with E-state index in [2.05, 4.69) is 81.5 Å². The van der Waals surface area contributed by atoms with Gasteiger partial charge in [0.1, 0.15) is 13.2 Å². The summed E-state index contributed by atoms with van der Waals surface area (Å²) in [6.07, 6.45) is 55.0. The second-order valence-corrected chi connectivity index (χ2v) is 15.6. The van der Waals surface area contributed by atoms with Crippen LogP contribution in [0.5, 0.6) is 0 Å². The normalized spacial score (nSPS) is 12.5. The van der Waals surface area contributed by atoms with Gasteiger partial charge in [0.25, 0.3) is 0 Å². The summed E-state index contributed by atoms with van der Waals surface area (Å²) in [5, 5.41) is 0. The van der Waals surface area contributed by atoms with Crippen LogP contribution < -0.4 is 0 Å². The lowest BCUT2D eigenvalue weighted by molar-refractivity contribution is -0.167. The molecule has 0 saturated heterocycles. The number of carbonyl (C=O) groups excluding carboxylic acids is 3. The van der Waals surface area contributed by atoms with E-state index in [9.17, 15) is 14.4 Å². The van der Waals surface area contributed by atoms with Gasteiger partial charge in [-0.25, -0.2) is 0 Å². The van der Waals surface area contributed by atoms with Crippen molar-refractivity contribution in [1.82, 2.24) is 0 Å². The van der Waals surface area contributed by atoms with Crippen LogP contribution in [0, 0.1) is 0 Å². The van der Waals surface area contributed by atoms with Crippen LogP contribution in [-0.4, -0.2) is 37.2 Å². The zero-order chi connectivity index (χ0) is 41.5. The highest BCUT2D eigenvalue weighted by Crippen LogP contribution is 2.13. The molecule has 57 heavy (non-hydrogen) atoms. The van der Waals surface area contributed by atoms with E-state index in [0.29, 0.717) is 19.3 Å². The summed E-state index contributed by atoms with van der Waals surface area (Å²) in [4.78, 5) is 37.7. The van der Waals surface area contributed by atoms with Crippen LogP contribution in [0.3, 0.4) is 0 Å². The molecular weight excluding hydrogens is 709 g/mol. The fraction of sp³-hybridized carbons (Fsp3) is 0.745. The lowest BCUT2D eigenvalue weighted by Gasteiger charge is -2.18. The van der Waals surface area contributed by atoms with Crippen LogP contribution in [0.25, 0.3) is 0 Å². The molecule has 0 aromatic rings.